The maximum atomic E-state index is 11.7. The number of methoxy groups -OCH3 is 1. The molecule has 1 amide bonds. The van der Waals surface area contributed by atoms with E-state index in [4.69, 9.17) is 4.74 Å². The summed E-state index contributed by atoms with van der Waals surface area (Å²) >= 11 is 1.55. The van der Waals surface area contributed by atoms with Crippen LogP contribution in [0.1, 0.15) is 18.9 Å². The highest BCUT2D eigenvalue weighted by Gasteiger charge is 2.10. The Hall–Kier alpha value is -1.00. The summed E-state index contributed by atoms with van der Waals surface area (Å²) in [7, 11) is 1.65. The van der Waals surface area contributed by atoms with Crippen molar-refractivity contribution in [3.8, 4) is 0 Å². The second kappa shape index (κ2) is 8.16. The number of ether oxygens (including phenoxy) is 1. The third-order valence-corrected chi connectivity index (χ3v) is 3.63. The van der Waals surface area contributed by atoms with Crippen LogP contribution >= 0.6 is 11.8 Å². The van der Waals surface area contributed by atoms with Crippen molar-refractivity contribution >= 4 is 17.7 Å². The maximum absolute atomic E-state index is 11.7. The van der Waals surface area contributed by atoms with Crippen LogP contribution in [-0.4, -0.2) is 31.4 Å². The molecule has 0 heterocycles. The molecular weight excluding hydrogens is 246 g/mol. The van der Waals surface area contributed by atoms with E-state index < -0.39 is 0 Å². The van der Waals surface area contributed by atoms with Gasteiger partial charge in [0.05, 0.1) is 18.4 Å². The average Bonchev–Trinajstić information content (AvgIpc) is 2.37. The summed E-state index contributed by atoms with van der Waals surface area (Å²) in [5.41, 5.74) is 1.23. The number of hydrogen-bond acceptors (Lipinski definition) is 3. The van der Waals surface area contributed by atoms with Gasteiger partial charge >= 0.3 is 0 Å². The zero-order valence-electron chi connectivity index (χ0n) is 11.2. The van der Waals surface area contributed by atoms with Crippen molar-refractivity contribution in [1.29, 1.82) is 0 Å². The summed E-state index contributed by atoms with van der Waals surface area (Å²) in [6.07, 6.45) is 0.884. The lowest BCUT2D eigenvalue weighted by molar-refractivity contribution is -0.119. The molecule has 0 bridgehead atoms. The molecule has 0 saturated carbocycles. The smallest absolute Gasteiger partial charge is 0.230 e. The average molecular weight is 267 g/mol. The van der Waals surface area contributed by atoms with Gasteiger partial charge in [0.1, 0.15) is 0 Å². The van der Waals surface area contributed by atoms with E-state index in [-0.39, 0.29) is 11.9 Å². The number of thioether (sulfide) groups is 1. The molecule has 1 rings (SSSR count). The molecule has 0 aliphatic rings. The van der Waals surface area contributed by atoms with Gasteiger partial charge in [-0.2, -0.15) is 0 Å². The summed E-state index contributed by atoms with van der Waals surface area (Å²) in [4.78, 5) is 12.9. The van der Waals surface area contributed by atoms with E-state index in [9.17, 15) is 4.79 Å². The fourth-order valence-corrected chi connectivity index (χ4v) is 2.23. The Kier molecular flexibility index (Phi) is 6.83. The molecule has 4 heteroatoms. The number of amides is 1. The summed E-state index contributed by atoms with van der Waals surface area (Å²) < 4.78 is 5.05. The van der Waals surface area contributed by atoms with E-state index in [1.54, 1.807) is 18.9 Å². The molecule has 1 unspecified atom stereocenters. The van der Waals surface area contributed by atoms with Crippen LogP contribution in [0.5, 0.6) is 0 Å². The van der Waals surface area contributed by atoms with Crippen LogP contribution in [0.3, 0.4) is 0 Å². The van der Waals surface area contributed by atoms with E-state index in [1.807, 2.05) is 19.1 Å². The van der Waals surface area contributed by atoms with Crippen LogP contribution in [-0.2, 0) is 9.53 Å². The molecular formula is C14H21NO2S. The quantitative estimate of drug-likeness (QED) is 0.772. The van der Waals surface area contributed by atoms with Crippen LogP contribution in [0.15, 0.2) is 29.2 Å². The fourth-order valence-electron chi connectivity index (χ4n) is 1.52. The zero-order chi connectivity index (χ0) is 13.4. The molecule has 0 fully saturated rings. The maximum Gasteiger partial charge on any atom is 0.230 e. The molecule has 3 nitrogen and oxygen atoms in total. The summed E-state index contributed by atoms with van der Waals surface area (Å²) in [5, 5.41) is 2.96. The number of aryl methyl sites for hydroxylation is 1. The number of carbonyl (C=O) groups is 1. The third-order valence-electron chi connectivity index (χ3n) is 2.62. The predicted octanol–water partition coefficient (Wildman–Crippen LogP) is 2.63. The topological polar surface area (TPSA) is 38.3 Å². The van der Waals surface area contributed by atoms with Crippen molar-refractivity contribution in [3.05, 3.63) is 29.8 Å². The molecule has 0 spiro atoms. The van der Waals surface area contributed by atoms with Gasteiger partial charge in [0.2, 0.25) is 5.91 Å². The van der Waals surface area contributed by atoms with E-state index >= 15 is 0 Å². The van der Waals surface area contributed by atoms with Crippen molar-refractivity contribution in [2.75, 3.05) is 19.5 Å². The minimum absolute atomic E-state index is 0.0597. The number of nitrogens with one attached hydrogen (secondary N) is 1. The molecule has 1 aromatic carbocycles. The van der Waals surface area contributed by atoms with Crippen LogP contribution < -0.4 is 5.32 Å². The van der Waals surface area contributed by atoms with E-state index in [0.717, 1.165) is 11.3 Å². The molecule has 1 atom stereocenters. The van der Waals surface area contributed by atoms with Crippen LogP contribution in [0.2, 0.25) is 0 Å². The third kappa shape index (κ3) is 5.56. The number of carbonyl (C=O) groups excluding carboxylic acids is 1. The monoisotopic (exact) mass is 267 g/mol. The standard InChI is InChI=1S/C14H21NO2S/c1-4-12(9-17-3)15-14(16)10-18-13-7-5-11(2)6-8-13/h5-8,12H,4,9-10H2,1-3H3,(H,15,16). The lowest BCUT2D eigenvalue weighted by atomic mass is 10.2. The highest BCUT2D eigenvalue weighted by molar-refractivity contribution is 8.00. The highest BCUT2D eigenvalue weighted by Crippen LogP contribution is 2.17. The van der Waals surface area contributed by atoms with Gasteiger partial charge in [-0.05, 0) is 25.5 Å². The van der Waals surface area contributed by atoms with Gasteiger partial charge in [0.15, 0.2) is 0 Å². The molecule has 1 N–H and O–H groups in total. The molecule has 18 heavy (non-hydrogen) atoms. The molecule has 0 saturated heterocycles. The van der Waals surface area contributed by atoms with Gasteiger partial charge in [-0.1, -0.05) is 24.6 Å². The van der Waals surface area contributed by atoms with E-state index in [0.29, 0.717) is 12.4 Å². The molecule has 1 aromatic rings. The molecule has 0 aliphatic heterocycles. The van der Waals surface area contributed by atoms with Crippen molar-refractivity contribution < 1.29 is 9.53 Å². The normalized spacial score (nSPS) is 12.2. The van der Waals surface area contributed by atoms with Crippen molar-refractivity contribution in [2.24, 2.45) is 0 Å². The Bertz CT molecular complexity index is 365. The van der Waals surface area contributed by atoms with E-state index in [2.05, 4.69) is 24.4 Å². The SMILES string of the molecule is CCC(COC)NC(=O)CSc1ccc(C)cc1. The summed E-state index contributed by atoms with van der Waals surface area (Å²) in [6.45, 7) is 4.66. The van der Waals surface area contributed by atoms with E-state index in [1.165, 1.54) is 5.56 Å². The first kappa shape index (κ1) is 15.1. The summed E-state index contributed by atoms with van der Waals surface area (Å²) in [6, 6.07) is 8.31. The first-order valence-corrected chi connectivity index (χ1v) is 7.12. The largest absolute Gasteiger partial charge is 0.383 e. The lowest BCUT2D eigenvalue weighted by Crippen LogP contribution is -2.38. The highest BCUT2D eigenvalue weighted by atomic mass is 32.2. The Labute approximate surface area is 113 Å². The molecule has 0 aliphatic carbocycles. The first-order valence-electron chi connectivity index (χ1n) is 6.13. The Morgan fingerprint density at radius 3 is 2.61 bits per heavy atom. The van der Waals surface area contributed by atoms with Crippen LogP contribution in [0.25, 0.3) is 0 Å². The minimum Gasteiger partial charge on any atom is -0.383 e. The Balaban J connectivity index is 2.34. The molecule has 100 valence electrons. The van der Waals surface area contributed by atoms with Crippen molar-refractivity contribution in [1.82, 2.24) is 5.32 Å². The molecule has 0 aromatic heterocycles. The van der Waals surface area contributed by atoms with Gasteiger partial charge in [-0.15, -0.1) is 11.8 Å². The van der Waals surface area contributed by atoms with Gasteiger partial charge < -0.3 is 10.1 Å². The second-order valence-corrected chi connectivity index (χ2v) is 5.28. The predicted molar refractivity (Wildman–Crippen MR) is 76.0 cm³/mol. The van der Waals surface area contributed by atoms with Crippen molar-refractivity contribution in [2.45, 2.75) is 31.2 Å². The minimum atomic E-state index is 0.0597. The van der Waals surface area contributed by atoms with Crippen LogP contribution in [0, 0.1) is 6.92 Å². The number of hydrogen-bond donors (Lipinski definition) is 1. The lowest BCUT2D eigenvalue weighted by Gasteiger charge is -2.15. The number of rotatable bonds is 7. The van der Waals surface area contributed by atoms with Gasteiger partial charge in [0, 0.05) is 12.0 Å². The Morgan fingerprint density at radius 2 is 2.06 bits per heavy atom. The summed E-state index contributed by atoms with van der Waals surface area (Å²) in [5.74, 6) is 0.507. The zero-order valence-corrected chi connectivity index (χ0v) is 12.0. The number of benzene rings is 1. The van der Waals surface area contributed by atoms with Gasteiger partial charge in [0.25, 0.3) is 0 Å². The second-order valence-electron chi connectivity index (χ2n) is 4.23. The van der Waals surface area contributed by atoms with Gasteiger partial charge in [-0.3, -0.25) is 4.79 Å². The van der Waals surface area contributed by atoms with Crippen LogP contribution in [0.4, 0.5) is 0 Å². The molecule has 0 radical (unpaired) electrons. The van der Waals surface area contributed by atoms with Gasteiger partial charge in [-0.25, -0.2) is 0 Å². The van der Waals surface area contributed by atoms with Crippen molar-refractivity contribution in [3.63, 3.8) is 0 Å². The Morgan fingerprint density at radius 1 is 1.39 bits per heavy atom. The fraction of sp³-hybridized carbons (Fsp3) is 0.500. The first-order chi connectivity index (χ1) is 8.65.